The molecule has 1 unspecified atom stereocenters. The highest BCUT2D eigenvalue weighted by molar-refractivity contribution is 5.60. The SMILES string of the molecule is CC(N)c1cc(-c2cccc(C(F)(F)F)c2)n[nH]1. The first-order chi connectivity index (χ1) is 8.38. The van der Waals surface area contributed by atoms with Gasteiger partial charge in [0.05, 0.1) is 17.0 Å². The van der Waals surface area contributed by atoms with Crippen molar-refractivity contribution < 1.29 is 13.2 Å². The van der Waals surface area contributed by atoms with Crippen molar-refractivity contribution >= 4 is 0 Å². The number of nitrogens with zero attached hydrogens (tertiary/aromatic N) is 1. The van der Waals surface area contributed by atoms with Gasteiger partial charge in [0, 0.05) is 11.6 Å². The fourth-order valence-electron chi connectivity index (χ4n) is 1.57. The van der Waals surface area contributed by atoms with Crippen LogP contribution in [0.15, 0.2) is 30.3 Å². The summed E-state index contributed by atoms with van der Waals surface area (Å²) in [5, 5.41) is 6.66. The van der Waals surface area contributed by atoms with Crippen LogP contribution in [-0.4, -0.2) is 10.2 Å². The molecule has 3 N–H and O–H groups in total. The van der Waals surface area contributed by atoms with E-state index in [4.69, 9.17) is 5.73 Å². The first-order valence-corrected chi connectivity index (χ1v) is 5.36. The van der Waals surface area contributed by atoms with Crippen molar-refractivity contribution in [3.8, 4) is 11.3 Å². The molecule has 2 rings (SSSR count). The summed E-state index contributed by atoms with van der Waals surface area (Å²) in [6.07, 6.45) is -4.35. The number of benzene rings is 1. The lowest BCUT2D eigenvalue weighted by atomic mass is 10.1. The smallest absolute Gasteiger partial charge is 0.323 e. The maximum atomic E-state index is 12.6. The molecule has 1 heterocycles. The van der Waals surface area contributed by atoms with E-state index in [9.17, 15) is 13.2 Å². The monoisotopic (exact) mass is 255 g/mol. The van der Waals surface area contributed by atoms with Crippen molar-refractivity contribution in [1.82, 2.24) is 10.2 Å². The van der Waals surface area contributed by atoms with E-state index in [2.05, 4.69) is 10.2 Å². The van der Waals surface area contributed by atoms with Crippen LogP contribution in [0.3, 0.4) is 0 Å². The Balaban J connectivity index is 2.38. The number of alkyl halides is 3. The van der Waals surface area contributed by atoms with Gasteiger partial charge in [0.25, 0.3) is 0 Å². The molecular weight excluding hydrogens is 243 g/mol. The summed E-state index contributed by atoms with van der Waals surface area (Å²) < 4.78 is 37.7. The fourth-order valence-corrected chi connectivity index (χ4v) is 1.57. The molecule has 0 fully saturated rings. The van der Waals surface area contributed by atoms with Crippen molar-refractivity contribution in [3.63, 3.8) is 0 Å². The standard InChI is InChI=1S/C12H12F3N3/c1-7(16)10-6-11(18-17-10)8-3-2-4-9(5-8)12(13,14)15/h2-7H,16H2,1H3,(H,17,18). The first-order valence-electron chi connectivity index (χ1n) is 5.36. The molecule has 96 valence electrons. The summed E-state index contributed by atoms with van der Waals surface area (Å²) in [6, 6.07) is 6.45. The van der Waals surface area contributed by atoms with Gasteiger partial charge in [-0.25, -0.2) is 0 Å². The van der Waals surface area contributed by atoms with Gasteiger partial charge in [-0.15, -0.1) is 0 Å². The number of halogens is 3. The number of aromatic nitrogens is 2. The predicted molar refractivity (Wildman–Crippen MR) is 61.6 cm³/mol. The minimum atomic E-state index is -4.35. The molecule has 0 aliphatic heterocycles. The quantitative estimate of drug-likeness (QED) is 0.866. The van der Waals surface area contributed by atoms with Crippen molar-refractivity contribution in [2.24, 2.45) is 5.73 Å². The number of hydrogen-bond donors (Lipinski definition) is 2. The molecule has 1 aromatic heterocycles. The Morgan fingerprint density at radius 1 is 1.28 bits per heavy atom. The lowest BCUT2D eigenvalue weighted by Crippen LogP contribution is -2.04. The van der Waals surface area contributed by atoms with Gasteiger partial charge in [-0.3, -0.25) is 5.10 Å². The van der Waals surface area contributed by atoms with E-state index >= 15 is 0 Å². The van der Waals surface area contributed by atoms with Crippen LogP contribution in [0, 0.1) is 0 Å². The van der Waals surface area contributed by atoms with Gasteiger partial charge in [-0.05, 0) is 25.1 Å². The number of hydrogen-bond acceptors (Lipinski definition) is 2. The molecule has 18 heavy (non-hydrogen) atoms. The Morgan fingerprint density at radius 2 is 2.00 bits per heavy atom. The second-order valence-corrected chi connectivity index (χ2v) is 4.08. The predicted octanol–water partition coefficient (Wildman–Crippen LogP) is 3.12. The van der Waals surface area contributed by atoms with E-state index in [1.165, 1.54) is 6.07 Å². The largest absolute Gasteiger partial charge is 0.416 e. The zero-order valence-electron chi connectivity index (χ0n) is 9.62. The summed E-state index contributed by atoms with van der Waals surface area (Å²) in [7, 11) is 0. The highest BCUT2D eigenvalue weighted by atomic mass is 19.4. The maximum Gasteiger partial charge on any atom is 0.416 e. The molecule has 0 saturated heterocycles. The van der Waals surface area contributed by atoms with Crippen molar-refractivity contribution in [3.05, 3.63) is 41.6 Å². The molecule has 0 spiro atoms. The summed E-state index contributed by atoms with van der Waals surface area (Å²) >= 11 is 0. The van der Waals surface area contributed by atoms with Gasteiger partial charge in [0.1, 0.15) is 0 Å². The summed E-state index contributed by atoms with van der Waals surface area (Å²) in [5.41, 5.74) is 6.51. The Morgan fingerprint density at radius 3 is 2.56 bits per heavy atom. The summed E-state index contributed by atoms with van der Waals surface area (Å²) in [4.78, 5) is 0. The Bertz CT molecular complexity index is 543. The average Bonchev–Trinajstić information content (AvgIpc) is 2.77. The average molecular weight is 255 g/mol. The molecule has 0 radical (unpaired) electrons. The highest BCUT2D eigenvalue weighted by Crippen LogP contribution is 2.31. The van der Waals surface area contributed by atoms with Crippen molar-refractivity contribution in [2.75, 3.05) is 0 Å². The minimum absolute atomic E-state index is 0.239. The van der Waals surface area contributed by atoms with E-state index in [0.29, 0.717) is 17.0 Å². The van der Waals surface area contributed by atoms with Gasteiger partial charge in [-0.1, -0.05) is 12.1 Å². The number of rotatable bonds is 2. The molecule has 1 atom stereocenters. The third kappa shape index (κ3) is 2.53. The molecule has 0 aliphatic carbocycles. The highest BCUT2D eigenvalue weighted by Gasteiger charge is 2.30. The normalized spacial score (nSPS) is 13.6. The fraction of sp³-hybridized carbons (Fsp3) is 0.250. The van der Waals surface area contributed by atoms with Crippen LogP contribution >= 0.6 is 0 Å². The third-order valence-corrected chi connectivity index (χ3v) is 2.57. The zero-order chi connectivity index (χ0) is 13.3. The van der Waals surface area contributed by atoms with Crippen LogP contribution in [0.1, 0.15) is 24.2 Å². The van der Waals surface area contributed by atoms with E-state index in [0.717, 1.165) is 12.1 Å². The molecule has 0 amide bonds. The molecule has 1 aromatic carbocycles. The maximum absolute atomic E-state index is 12.6. The van der Waals surface area contributed by atoms with Crippen LogP contribution in [0.5, 0.6) is 0 Å². The first kappa shape index (κ1) is 12.6. The number of nitrogens with one attached hydrogen (secondary N) is 1. The Labute approximate surface area is 102 Å². The van der Waals surface area contributed by atoms with E-state index < -0.39 is 11.7 Å². The Kier molecular flexibility index (Phi) is 3.13. The van der Waals surface area contributed by atoms with Gasteiger partial charge in [0.15, 0.2) is 0 Å². The van der Waals surface area contributed by atoms with Crippen molar-refractivity contribution in [1.29, 1.82) is 0 Å². The molecule has 6 heteroatoms. The molecular formula is C12H12F3N3. The Hall–Kier alpha value is -1.82. The molecule has 3 nitrogen and oxygen atoms in total. The number of nitrogens with two attached hydrogens (primary N) is 1. The zero-order valence-corrected chi connectivity index (χ0v) is 9.62. The lowest BCUT2D eigenvalue weighted by Gasteiger charge is -2.07. The number of H-pyrrole nitrogens is 1. The molecule has 2 aromatic rings. The van der Waals surface area contributed by atoms with E-state index in [1.54, 1.807) is 19.1 Å². The number of aromatic amines is 1. The van der Waals surface area contributed by atoms with Gasteiger partial charge in [0.2, 0.25) is 0 Å². The molecule has 0 saturated carbocycles. The van der Waals surface area contributed by atoms with Crippen LogP contribution in [0.4, 0.5) is 13.2 Å². The van der Waals surface area contributed by atoms with Gasteiger partial charge in [-0.2, -0.15) is 18.3 Å². The van der Waals surface area contributed by atoms with Crippen LogP contribution in [0.2, 0.25) is 0 Å². The second-order valence-electron chi connectivity index (χ2n) is 4.08. The third-order valence-electron chi connectivity index (χ3n) is 2.57. The minimum Gasteiger partial charge on any atom is -0.323 e. The van der Waals surface area contributed by atoms with E-state index in [-0.39, 0.29) is 6.04 Å². The topological polar surface area (TPSA) is 54.7 Å². The molecule has 0 aliphatic rings. The second kappa shape index (κ2) is 4.45. The summed E-state index contributed by atoms with van der Waals surface area (Å²) in [5.74, 6) is 0. The van der Waals surface area contributed by atoms with Crippen LogP contribution in [0.25, 0.3) is 11.3 Å². The molecule has 0 bridgehead atoms. The van der Waals surface area contributed by atoms with E-state index in [1.807, 2.05) is 0 Å². The van der Waals surface area contributed by atoms with Crippen LogP contribution < -0.4 is 5.73 Å². The van der Waals surface area contributed by atoms with Crippen LogP contribution in [-0.2, 0) is 6.18 Å². The summed E-state index contributed by atoms with van der Waals surface area (Å²) in [6.45, 7) is 1.77. The van der Waals surface area contributed by atoms with Crippen molar-refractivity contribution in [2.45, 2.75) is 19.1 Å². The van der Waals surface area contributed by atoms with Gasteiger partial charge >= 0.3 is 6.18 Å². The van der Waals surface area contributed by atoms with Gasteiger partial charge < -0.3 is 5.73 Å². The lowest BCUT2D eigenvalue weighted by molar-refractivity contribution is -0.137.